The third kappa shape index (κ3) is 23.6. The van der Waals surface area contributed by atoms with Crippen LogP contribution in [-0.4, -0.2) is 13.2 Å². The van der Waals surface area contributed by atoms with Crippen molar-refractivity contribution in [3.63, 3.8) is 0 Å². The molecule has 0 atom stereocenters. The van der Waals surface area contributed by atoms with Gasteiger partial charge in [-0.05, 0) is 12.8 Å². The minimum Gasteiger partial charge on any atom is -0.311 e. The molecule has 118 valence electrons. The summed E-state index contributed by atoms with van der Waals surface area (Å²) in [5.41, 5.74) is 0. The van der Waals surface area contributed by atoms with Crippen molar-refractivity contribution in [2.75, 3.05) is 13.2 Å². The molecular weight excluding hydrogens is 259 g/mol. The van der Waals surface area contributed by atoms with Gasteiger partial charge in [-0.25, -0.2) is 0 Å². The summed E-state index contributed by atoms with van der Waals surface area (Å²) in [5.74, 6) is 0. The van der Waals surface area contributed by atoms with Gasteiger partial charge in [0.25, 0.3) is 0 Å². The second kappa shape index (κ2) is 20.5. The monoisotopic (exact) mass is 294 g/mol. The van der Waals surface area contributed by atoms with E-state index in [-0.39, 0.29) is 0 Å². The molecule has 19 heavy (non-hydrogen) atoms. The molecular formula is C15H35O3P. The lowest BCUT2D eigenvalue weighted by atomic mass is 10.2. The van der Waals surface area contributed by atoms with Crippen LogP contribution >= 0.6 is 8.25 Å². The minimum absolute atomic E-state index is 0.556. The maximum atomic E-state index is 10.9. The van der Waals surface area contributed by atoms with Gasteiger partial charge < -0.3 is 9.05 Å². The molecule has 0 aromatic carbocycles. The molecule has 0 aliphatic heterocycles. The zero-order chi connectivity index (χ0) is 14.8. The second-order valence-electron chi connectivity index (χ2n) is 4.71. The summed E-state index contributed by atoms with van der Waals surface area (Å²) in [6.07, 6.45) is 11.0. The normalized spacial score (nSPS) is 10.4. The highest BCUT2D eigenvalue weighted by molar-refractivity contribution is 7.33. The highest BCUT2D eigenvalue weighted by Crippen LogP contribution is 2.24. The third-order valence-electron chi connectivity index (χ3n) is 2.64. The summed E-state index contributed by atoms with van der Waals surface area (Å²) in [7, 11) is -2.18. The van der Waals surface area contributed by atoms with Crippen LogP contribution in [0.4, 0.5) is 0 Å². The first-order valence-electron chi connectivity index (χ1n) is 8.02. The molecule has 0 saturated heterocycles. The zero-order valence-corrected chi connectivity index (χ0v) is 14.5. The van der Waals surface area contributed by atoms with E-state index >= 15 is 0 Å². The van der Waals surface area contributed by atoms with Crippen LogP contribution in [0.2, 0.25) is 0 Å². The highest BCUT2D eigenvalue weighted by atomic mass is 31.1. The summed E-state index contributed by atoms with van der Waals surface area (Å²) in [5, 5.41) is 0. The molecule has 0 N–H and O–H groups in total. The topological polar surface area (TPSA) is 35.5 Å². The van der Waals surface area contributed by atoms with Crippen LogP contribution in [0, 0.1) is 0 Å². The van der Waals surface area contributed by atoms with Crippen LogP contribution in [0.5, 0.6) is 0 Å². The molecule has 4 heteroatoms. The van der Waals surface area contributed by atoms with Crippen molar-refractivity contribution in [2.24, 2.45) is 0 Å². The van der Waals surface area contributed by atoms with Crippen molar-refractivity contribution in [3.8, 4) is 0 Å². The van der Waals surface area contributed by atoms with Crippen molar-refractivity contribution in [1.29, 1.82) is 0 Å². The molecule has 0 unspecified atom stereocenters. The van der Waals surface area contributed by atoms with Gasteiger partial charge in [-0.3, -0.25) is 4.57 Å². The van der Waals surface area contributed by atoms with E-state index in [2.05, 4.69) is 27.7 Å². The third-order valence-corrected chi connectivity index (χ3v) is 3.52. The lowest BCUT2D eigenvalue weighted by Crippen LogP contribution is -1.90. The van der Waals surface area contributed by atoms with Crippen molar-refractivity contribution in [2.45, 2.75) is 85.5 Å². The first kappa shape index (κ1) is 21.4. The van der Waals surface area contributed by atoms with Gasteiger partial charge in [-0.1, -0.05) is 72.6 Å². The molecule has 0 bridgehead atoms. The minimum atomic E-state index is -2.18. The Bertz CT molecular complexity index is 159. The Hall–Kier alpha value is 0.150. The van der Waals surface area contributed by atoms with Crippen LogP contribution in [0.15, 0.2) is 0 Å². The lowest BCUT2D eigenvalue weighted by Gasteiger charge is -2.03. The Morgan fingerprint density at radius 2 is 1.00 bits per heavy atom. The Labute approximate surface area is 121 Å². The Morgan fingerprint density at radius 1 is 0.632 bits per heavy atom. The van der Waals surface area contributed by atoms with Crippen LogP contribution in [0.1, 0.15) is 85.5 Å². The lowest BCUT2D eigenvalue weighted by molar-refractivity contribution is 0.221. The average molecular weight is 294 g/mol. The van der Waals surface area contributed by atoms with Gasteiger partial charge >= 0.3 is 8.25 Å². The number of rotatable bonds is 12. The van der Waals surface area contributed by atoms with Gasteiger partial charge in [-0.15, -0.1) is 0 Å². The second-order valence-corrected chi connectivity index (χ2v) is 5.79. The Morgan fingerprint density at radius 3 is 1.32 bits per heavy atom. The van der Waals surface area contributed by atoms with Gasteiger partial charge in [0.05, 0.1) is 13.2 Å². The predicted molar refractivity (Wildman–Crippen MR) is 85.2 cm³/mol. The van der Waals surface area contributed by atoms with Crippen molar-refractivity contribution >= 4 is 8.25 Å². The SMILES string of the molecule is CCCCCCC.CCCCO[PH](=O)OCCCC. The molecule has 0 spiro atoms. The van der Waals surface area contributed by atoms with E-state index in [1.165, 1.54) is 32.1 Å². The van der Waals surface area contributed by atoms with Crippen LogP contribution in [-0.2, 0) is 13.6 Å². The maximum absolute atomic E-state index is 10.9. The Balaban J connectivity index is 0. The number of unbranched alkanes of at least 4 members (excludes halogenated alkanes) is 6. The summed E-state index contributed by atoms with van der Waals surface area (Å²) in [6, 6.07) is 0. The van der Waals surface area contributed by atoms with E-state index in [1.807, 2.05) is 0 Å². The van der Waals surface area contributed by atoms with Crippen LogP contribution in [0.3, 0.4) is 0 Å². The summed E-state index contributed by atoms with van der Waals surface area (Å²) in [6.45, 7) is 9.74. The quantitative estimate of drug-likeness (QED) is 0.328. The molecule has 0 amide bonds. The summed E-state index contributed by atoms with van der Waals surface area (Å²) < 4.78 is 20.8. The molecule has 0 saturated carbocycles. The maximum Gasteiger partial charge on any atom is 0.319 e. The first-order valence-corrected chi connectivity index (χ1v) is 9.24. The van der Waals surface area contributed by atoms with Gasteiger partial charge in [-0.2, -0.15) is 0 Å². The Kier molecular flexibility index (Phi) is 23.1. The van der Waals surface area contributed by atoms with E-state index in [9.17, 15) is 4.57 Å². The van der Waals surface area contributed by atoms with Gasteiger partial charge in [0.1, 0.15) is 0 Å². The molecule has 0 aromatic rings. The molecule has 0 aliphatic rings. The standard InChI is InChI=1S/C8H19O3P.C7H16/c1-3-5-7-10-12(9)11-8-6-4-2;1-3-5-7-6-4-2/h12H,3-8H2,1-2H3;3-7H2,1-2H3. The van der Waals surface area contributed by atoms with E-state index in [1.54, 1.807) is 0 Å². The van der Waals surface area contributed by atoms with Crippen LogP contribution in [0.25, 0.3) is 0 Å². The van der Waals surface area contributed by atoms with Gasteiger partial charge in [0, 0.05) is 0 Å². The molecule has 3 nitrogen and oxygen atoms in total. The molecule has 0 fully saturated rings. The van der Waals surface area contributed by atoms with E-state index in [4.69, 9.17) is 9.05 Å². The molecule has 0 rings (SSSR count). The van der Waals surface area contributed by atoms with Crippen molar-refractivity contribution < 1.29 is 13.6 Å². The average Bonchev–Trinajstić information content (AvgIpc) is 2.41. The molecule has 0 heterocycles. The highest BCUT2D eigenvalue weighted by Gasteiger charge is 1.97. The molecule has 0 aromatic heterocycles. The van der Waals surface area contributed by atoms with Crippen molar-refractivity contribution in [1.82, 2.24) is 0 Å². The zero-order valence-electron chi connectivity index (χ0n) is 13.5. The fraction of sp³-hybridized carbons (Fsp3) is 1.00. The summed E-state index contributed by atoms with van der Waals surface area (Å²) >= 11 is 0. The largest absolute Gasteiger partial charge is 0.319 e. The first-order chi connectivity index (χ1) is 9.22. The fourth-order valence-corrected chi connectivity index (χ4v) is 2.02. The van der Waals surface area contributed by atoms with Gasteiger partial charge in [0.15, 0.2) is 0 Å². The number of hydrogen-bond acceptors (Lipinski definition) is 3. The molecule has 0 aliphatic carbocycles. The summed E-state index contributed by atoms with van der Waals surface area (Å²) in [4.78, 5) is 0. The van der Waals surface area contributed by atoms with E-state index in [0.29, 0.717) is 13.2 Å². The smallest absolute Gasteiger partial charge is 0.311 e. The van der Waals surface area contributed by atoms with Gasteiger partial charge in [0.2, 0.25) is 0 Å². The fourth-order valence-electron chi connectivity index (χ4n) is 1.32. The van der Waals surface area contributed by atoms with Crippen LogP contribution < -0.4 is 0 Å². The molecule has 0 radical (unpaired) electrons. The number of hydrogen-bond donors (Lipinski definition) is 0. The van der Waals surface area contributed by atoms with Crippen molar-refractivity contribution in [3.05, 3.63) is 0 Å². The van der Waals surface area contributed by atoms with E-state index < -0.39 is 8.25 Å². The predicted octanol–water partition coefficient (Wildman–Crippen LogP) is 5.99. The van der Waals surface area contributed by atoms with E-state index in [0.717, 1.165) is 25.7 Å².